The Bertz CT molecular complexity index is 453. The summed E-state index contributed by atoms with van der Waals surface area (Å²) >= 11 is 0. The largest absolute Gasteiger partial charge is 0.491 e. The molecule has 0 amide bonds. The van der Waals surface area contributed by atoms with E-state index in [1.54, 1.807) is 12.1 Å². The van der Waals surface area contributed by atoms with E-state index in [0.29, 0.717) is 58.5 Å². The highest BCUT2D eigenvalue weighted by atomic mass is 16.6. The highest BCUT2D eigenvalue weighted by molar-refractivity contribution is 5.70. The van der Waals surface area contributed by atoms with Crippen LogP contribution in [-0.4, -0.2) is 72.5 Å². The first kappa shape index (κ1) is 21.2. The van der Waals surface area contributed by atoms with Crippen molar-refractivity contribution in [1.29, 1.82) is 0 Å². The number of hydrogen-bond acceptors (Lipinski definition) is 8. The van der Waals surface area contributed by atoms with Gasteiger partial charge in [-0.1, -0.05) is 0 Å². The molecule has 2 N–H and O–H groups in total. The minimum Gasteiger partial charge on any atom is -0.491 e. The summed E-state index contributed by atoms with van der Waals surface area (Å²) in [5.74, 6) is 0.365. The van der Waals surface area contributed by atoms with Gasteiger partial charge in [-0.05, 0) is 24.3 Å². The molecule has 0 atom stereocenters. The minimum absolute atomic E-state index is 0.0598. The smallest absolute Gasteiger partial charge is 0.331 e. The van der Waals surface area contributed by atoms with E-state index in [2.05, 4.69) is 4.74 Å². The Morgan fingerprint density at radius 2 is 1.28 bits per heavy atom. The fourth-order valence-electron chi connectivity index (χ4n) is 1.66. The van der Waals surface area contributed by atoms with Crippen molar-refractivity contribution in [2.24, 2.45) is 0 Å². The fourth-order valence-corrected chi connectivity index (χ4v) is 1.66. The molecule has 0 radical (unpaired) electrons. The summed E-state index contributed by atoms with van der Waals surface area (Å²) in [5, 5.41) is 0. The lowest BCUT2D eigenvalue weighted by atomic mass is 10.3. The third kappa shape index (κ3) is 12.2. The van der Waals surface area contributed by atoms with Gasteiger partial charge in [0.2, 0.25) is 0 Å². The normalized spacial score (nSPS) is 10.6. The van der Waals surface area contributed by atoms with Crippen LogP contribution in [0, 0.1) is 0 Å². The molecule has 0 heterocycles. The molecule has 25 heavy (non-hydrogen) atoms. The van der Waals surface area contributed by atoms with E-state index in [1.807, 2.05) is 12.1 Å². The van der Waals surface area contributed by atoms with E-state index in [4.69, 9.17) is 29.4 Å². The number of anilines is 1. The van der Waals surface area contributed by atoms with E-state index in [-0.39, 0.29) is 6.61 Å². The average Bonchev–Trinajstić information content (AvgIpc) is 2.63. The highest BCUT2D eigenvalue weighted by Crippen LogP contribution is 2.12. The molecule has 8 heteroatoms. The Morgan fingerprint density at radius 1 is 0.800 bits per heavy atom. The Hall–Kier alpha value is -1.87. The van der Waals surface area contributed by atoms with Crippen LogP contribution in [0.1, 0.15) is 0 Å². The van der Waals surface area contributed by atoms with Gasteiger partial charge in [-0.25, -0.2) is 4.79 Å². The van der Waals surface area contributed by atoms with Gasteiger partial charge in [-0.3, -0.25) is 0 Å². The molecule has 0 unspecified atom stereocenters. The van der Waals surface area contributed by atoms with E-state index in [1.165, 1.54) is 7.11 Å². The second-order valence-electron chi connectivity index (χ2n) is 4.88. The lowest BCUT2D eigenvalue weighted by Crippen LogP contribution is -2.15. The van der Waals surface area contributed by atoms with Gasteiger partial charge in [0.05, 0.1) is 53.4 Å². The SMILES string of the molecule is COC(=O)COCCOCCOCCOCCOc1ccc(N)cc1. The monoisotopic (exact) mass is 357 g/mol. The zero-order chi connectivity index (χ0) is 18.2. The van der Waals surface area contributed by atoms with Gasteiger partial charge in [0.25, 0.3) is 0 Å². The molecule has 1 rings (SSSR count). The number of ether oxygens (including phenoxy) is 6. The molecule has 1 aromatic carbocycles. The lowest BCUT2D eigenvalue weighted by Gasteiger charge is -2.08. The van der Waals surface area contributed by atoms with Crippen LogP contribution in [0.5, 0.6) is 5.75 Å². The first-order valence-electron chi connectivity index (χ1n) is 8.08. The Balaban J connectivity index is 1.77. The summed E-state index contributed by atoms with van der Waals surface area (Å²) in [6.45, 7) is 3.56. The molecule has 0 aliphatic carbocycles. The van der Waals surface area contributed by atoms with Crippen LogP contribution in [0.2, 0.25) is 0 Å². The molecular formula is C17H27NO7. The van der Waals surface area contributed by atoms with Crippen molar-refractivity contribution in [2.45, 2.75) is 0 Å². The van der Waals surface area contributed by atoms with Gasteiger partial charge in [0, 0.05) is 5.69 Å². The van der Waals surface area contributed by atoms with Gasteiger partial charge in [-0.2, -0.15) is 0 Å². The number of rotatable bonds is 15. The number of methoxy groups -OCH3 is 1. The number of nitrogens with two attached hydrogens (primary N) is 1. The Kier molecular flexibility index (Phi) is 12.3. The minimum atomic E-state index is -0.401. The lowest BCUT2D eigenvalue weighted by molar-refractivity contribution is -0.146. The number of hydrogen-bond donors (Lipinski definition) is 1. The van der Waals surface area contributed by atoms with Crippen molar-refractivity contribution in [2.75, 3.05) is 72.3 Å². The van der Waals surface area contributed by atoms with Crippen LogP contribution >= 0.6 is 0 Å². The van der Waals surface area contributed by atoms with Gasteiger partial charge >= 0.3 is 5.97 Å². The third-order valence-electron chi connectivity index (χ3n) is 2.94. The van der Waals surface area contributed by atoms with Crippen LogP contribution < -0.4 is 10.5 Å². The van der Waals surface area contributed by atoms with Crippen molar-refractivity contribution in [3.63, 3.8) is 0 Å². The molecule has 8 nitrogen and oxygen atoms in total. The van der Waals surface area contributed by atoms with Crippen LogP contribution in [0.4, 0.5) is 5.69 Å². The average molecular weight is 357 g/mol. The van der Waals surface area contributed by atoms with Crippen LogP contribution in [0.25, 0.3) is 0 Å². The van der Waals surface area contributed by atoms with Crippen molar-refractivity contribution < 1.29 is 33.2 Å². The second kappa shape index (κ2) is 14.5. The number of carbonyl (C=O) groups excluding carboxylic acids is 1. The van der Waals surface area contributed by atoms with E-state index in [0.717, 1.165) is 5.75 Å². The molecule has 0 fully saturated rings. The van der Waals surface area contributed by atoms with Gasteiger partial charge in [0.1, 0.15) is 19.0 Å². The summed E-state index contributed by atoms with van der Waals surface area (Å²) < 4.78 is 31.0. The maximum Gasteiger partial charge on any atom is 0.331 e. The summed E-state index contributed by atoms with van der Waals surface area (Å²) in [6.07, 6.45) is 0. The standard InChI is InChI=1S/C17H27NO7/c1-20-17(19)14-24-11-10-22-7-6-21-8-9-23-12-13-25-16-4-2-15(18)3-5-16/h2-5H,6-14,18H2,1H3. The molecule has 142 valence electrons. The zero-order valence-electron chi connectivity index (χ0n) is 14.6. The van der Waals surface area contributed by atoms with Crippen molar-refractivity contribution in [1.82, 2.24) is 0 Å². The van der Waals surface area contributed by atoms with Gasteiger partial charge in [0.15, 0.2) is 0 Å². The number of carbonyl (C=O) groups is 1. The molecule has 0 spiro atoms. The molecule has 0 saturated heterocycles. The van der Waals surface area contributed by atoms with Gasteiger partial charge < -0.3 is 34.2 Å². The molecule has 0 aromatic heterocycles. The Morgan fingerprint density at radius 3 is 1.80 bits per heavy atom. The Labute approximate surface area is 148 Å². The summed E-state index contributed by atoms with van der Waals surface area (Å²) in [6, 6.07) is 7.21. The van der Waals surface area contributed by atoms with Gasteiger partial charge in [-0.15, -0.1) is 0 Å². The molecule has 0 aliphatic rings. The fraction of sp³-hybridized carbons (Fsp3) is 0.588. The maximum atomic E-state index is 10.8. The second-order valence-corrected chi connectivity index (χ2v) is 4.88. The van der Waals surface area contributed by atoms with Crippen molar-refractivity contribution in [3.8, 4) is 5.75 Å². The summed E-state index contributed by atoms with van der Waals surface area (Å²) in [7, 11) is 1.32. The quantitative estimate of drug-likeness (QED) is 0.281. The maximum absolute atomic E-state index is 10.8. The molecule has 1 aromatic rings. The van der Waals surface area contributed by atoms with Crippen LogP contribution in [0.15, 0.2) is 24.3 Å². The molecular weight excluding hydrogens is 330 g/mol. The predicted molar refractivity (Wildman–Crippen MR) is 91.6 cm³/mol. The summed E-state index contributed by atoms with van der Waals surface area (Å²) in [4.78, 5) is 10.8. The van der Waals surface area contributed by atoms with Crippen LogP contribution in [-0.2, 0) is 28.5 Å². The van der Waals surface area contributed by atoms with E-state index in [9.17, 15) is 4.79 Å². The zero-order valence-corrected chi connectivity index (χ0v) is 14.6. The van der Waals surface area contributed by atoms with E-state index >= 15 is 0 Å². The third-order valence-corrected chi connectivity index (χ3v) is 2.94. The number of esters is 1. The van der Waals surface area contributed by atoms with Crippen LogP contribution in [0.3, 0.4) is 0 Å². The summed E-state index contributed by atoms with van der Waals surface area (Å²) in [5.41, 5.74) is 6.30. The van der Waals surface area contributed by atoms with Crippen molar-refractivity contribution in [3.05, 3.63) is 24.3 Å². The topological polar surface area (TPSA) is 98.5 Å². The molecule has 0 aliphatic heterocycles. The van der Waals surface area contributed by atoms with E-state index < -0.39 is 5.97 Å². The van der Waals surface area contributed by atoms with Crippen molar-refractivity contribution >= 4 is 11.7 Å². The first-order chi connectivity index (χ1) is 12.2. The number of benzene rings is 1. The first-order valence-corrected chi connectivity index (χ1v) is 8.08. The molecule has 0 saturated carbocycles. The number of nitrogen functional groups attached to an aromatic ring is 1. The molecule has 0 bridgehead atoms. The predicted octanol–water partition coefficient (Wildman–Crippen LogP) is 0.887. The highest BCUT2D eigenvalue weighted by Gasteiger charge is 1.99.